The van der Waals surface area contributed by atoms with Crippen LogP contribution in [0.5, 0.6) is 0 Å². The number of amides is 1. The maximum Gasteiger partial charge on any atom is 0.263 e. The Kier molecular flexibility index (Phi) is 5.70. The second kappa shape index (κ2) is 8.53. The molecule has 3 atom stereocenters. The van der Waals surface area contributed by atoms with E-state index in [-0.39, 0.29) is 29.0 Å². The van der Waals surface area contributed by atoms with Crippen LogP contribution in [0.25, 0.3) is 10.2 Å². The number of nitrogen functional groups attached to an aromatic ring is 1. The van der Waals surface area contributed by atoms with Gasteiger partial charge in [0.1, 0.15) is 21.3 Å². The van der Waals surface area contributed by atoms with Gasteiger partial charge in [0.05, 0.1) is 17.1 Å². The third-order valence-electron chi connectivity index (χ3n) is 6.72. The van der Waals surface area contributed by atoms with Gasteiger partial charge in [0.2, 0.25) is 0 Å². The SMILES string of the molecule is Cc1nc2sc(C(=O)NC[C@@H](C)c3ccc(N4CC5CCC(C4)N5)c(F)c3)c(N)c2cc1F. The van der Waals surface area contributed by atoms with Gasteiger partial charge in [0.15, 0.2) is 0 Å². The van der Waals surface area contributed by atoms with Crippen LogP contribution in [0.2, 0.25) is 0 Å². The maximum absolute atomic E-state index is 15.0. The Hall–Kier alpha value is -2.78. The lowest BCUT2D eigenvalue weighted by atomic mass is 10.00. The number of fused-ring (bicyclic) bond motifs is 3. The normalized spacial score (nSPS) is 20.9. The molecule has 174 valence electrons. The molecule has 1 amide bonds. The molecule has 9 heteroatoms. The predicted octanol–water partition coefficient (Wildman–Crippen LogP) is 3.94. The topological polar surface area (TPSA) is 83.3 Å². The van der Waals surface area contributed by atoms with E-state index in [2.05, 4.69) is 20.5 Å². The van der Waals surface area contributed by atoms with Gasteiger partial charge in [0.25, 0.3) is 5.91 Å². The number of benzene rings is 1. The van der Waals surface area contributed by atoms with Crippen LogP contribution in [0.15, 0.2) is 24.3 Å². The Morgan fingerprint density at radius 3 is 2.70 bits per heavy atom. The summed E-state index contributed by atoms with van der Waals surface area (Å²) in [5.74, 6) is -1.12. The zero-order valence-corrected chi connectivity index (χ0v) is 19.4. The van der Waals surface area contributed by atoms with E-state index in [1.165, 1.54) is 6.07 Å². The molecule has 2 aromatic heterocycles. The number of hydrogen-bond donors (Lipinski definition) is 3. The summed E-state index contributed by atoms with van der Waals surface area (Å²) in [5, 5.41) is 6.88. The molecule has 0 spiro atoms. The number of hydrogen-bond acceptors (Lipinski definition) is 6. The van der Waals surface area contributed by atoms with Crippen molar-refractivity contribution in [3.05, 3.63) is 52.0 Å². The molecule has 6 nitrogen and oxygen atoms in total. The third kappa shape index (κ3) is 4.15. The smallest absolute Gasteiger partial charge is 0.263 e. The van der Waals surface area contributed by atoms with Crippen LogP contribution in [0.4, 0.5) is 20.2 Å². The minimum Gasteiger partial charge on any atom is -0.397 e. The first-order chi connectivity index (χ1) is 15.8. The van der Waals surface area contributed by atoms with Gasteiger partial charge in [-0.05, 0) is 49.4 Å². The van der Waals surface area contributed by atoms with Crippen LogP contribution in [0, 0.1) is 18.6 Å². The molecule has 2 saturated heterocycles. The number of aromatic nitrogens is 1. The second-order valence-corrected chi connectivity index (χ2v) is 10.1. The number of pyridine rings is 1. The Morgan fingerprint density at radius 2 is 2.00 bits per heavy atom. The zero-order valence-electron chi connectivity index (χ0n) is 18.6. The van der Waals surface area contributed by atoms with Crippen LogP contribution in [-0.4, -0.2) is 42.6 Å². The van der Waals surface area contributed by atoms with Crippen molar-refractivity contribution in [2.24, 2.45) is 0 Å². The first kappa shape index (κ1) is 22.0. The molecule has 33 heavy (non-hydrogen) atoms. The molecule has 2 fully saturated rings. The number of nitrogens with two attached hydrogens (primary N) is 1. The fourth-order valence-electron chi connectivity index (χ4n) is 4.80. The van der Waals surface area contributed by atoms with Gasteiger partial charge in [-0.15, -0.1) is 11.3 Å². The summed E-state index contributed by atoms with van der Waals surface area (Å²) in [4.78, 5) is 19.9. The number of rotatable bonds is 5. The molecule has 2 unspecified atom stereocenters. The molecular formula is C24H27F2N5OS. The average Bonchev–Trinajstić information content (AvgIpc) is 3.30. The summed E-state index contributed by atoms with van der Waals surface area (Å²) < 4.78 is 28.8. The summed E-state index contributed by atoms with van der Waals surface area (Å²) in [7, 11) is 0. The molecule has 2 aliphatic rings. The highest BCUT2D eigenvalue weighted by Crippen LogP contribution is 2.34. The number of thiophene rings is 1. The molecule has 0 saturated carbocycles. The highest BCUT2D eigenvalue weighted by atomic mass is 32.1. The minimum atomic E-state index is -0.452. The van der Waals surface area contributed by atoms with Crippen molar-refractivity contribution in [3.63, 3.8) is 0 Å². The van der Waals surface area contributed by atoms with E-state index in [0.717, 1.165) is 42.8 Å². The monoisotopic (exact) mass is 471 g/mol. The van der Waals surface area contributed by atoms with Crippen molar-refractivity contribution in [2.45, 2.75) is 44.7 Å². The van der Waals surface area contributed by atoms with Crippen molar-refractivity contribution >= 4 is 38.8 Å². The quantitative estimate of drug-likeness (QED) is 0.525. The Bertz CT molecular complexity index is 1220. The molecule has 0 aliphatic carbocycles. The fourth-order valence-corrected chi connectivity index (χ4v) is 5.84. The predicted molar refractivity (Wildman–Crippen MR) is 128 cm³/mol. The average molecular weight is 472 g/mol. The van der Waals surface area contributed by atoms with E-state index in [1.807, 2.05) is 19.1 Å². The van der Waals surface area contributed by atoms with Crippen LogP contribution in [-0.2, 0) is 0 Å². The van der Waals surface area contributed by atoms with Gasteiger partial charge in [-0.25, -0.2) is 13.8 Å². The summed E-state index contributed by atoms with van der Waals surface area (Å²) in [6.07, 6.45) is 2.29. The van der Waals surface area contributed by atoms with Crippen LogP contribution < -0.4 is 21.3 Å². The Balaban J connectivity index is 1.26. The number of anilines is 2. The van der Waals surface area contributed by atoms with Crippen molar-refractivity contribution in [1.29, 1.82) is 0 Å². The van der Waals surface area contributed by atoms with Crippen molar-refractivity contribution in [1.82, 2.24) is 15.6 Å². The maximum atomic E-state index is 15.0. The van der Waals surface area contributed by atoms with Gasteiger partial charge >= 0.3 is 0 Å². The summed E-state index contributed by atoms with van der Waals surface area (Å²) in [5.41, 5.74) is 8.05. The molecular weight excluding hydrogens is 444 g/mol. The van der Waals surface area contributed by atoms with Crippen LogP contribution >= 0.6 is 11.3 Å². The molecule has 4 heterocycles. The summed E-state index contributed by atoms with van der Waals surface area (Å²) >= 11 is 1.14. The molecule has 3 aromatic rings. The second-order valence-electron chi connectivity index (χ2n) is 9.12. The number of carbonyl (C=O) groups is 1. The zero-order chi connectivity index (χ0) is 23.3. The highest BCUT2D eigenvalue weighted by molar-refractivity contribution is 7.21. The number of nitrogens with one attached hydrogen (secondary N) is 2. The van der Waals surface area contributed by atoms with Gasteiger partial charge in [-0.1, -0.05) is 13.0 Å². The van der Waals surface area contributed by atoms with E-state index in [9.17, 15) is 13.6 Å². The van der Waals surface area contributed by atoms with E-state index < -0.39 is 5.82 Å². The van der Waals surface area contributed by atoms with Gasteiger partial charge < -0.3 is 21.3 Å². The standard InChI is InChI=1S/C24H27F2N5OS/c1-12(9-28-23(32)22-21(27)17-8-18(25)13(2)29-24(17)33-22)14-3-6-20(19(26)7-14)31-10-15-4-5-16(11-31)30-15/h3,6-8,12,15-16,30H,4-5,9-11,27H2,1-2H3,(H,28,32)/t12-,15?,16?/m1/s1. The van der Waals surface area contributed by atoms with Gasteiger partial charge in [-0.2, -0.15) is 0 Å². The van der Waals surface area contributed by atoms with Crippen molar-refractivity contribution < 1.29 is 13.6 Å². The van der Waals surface area contributed by atoms with E-state index in [1.54, 1.807) is 13.0 Å². The largest absolute Gasteiger partial charge is 0.397 e. The minimum absolute atomic E-state index is 0.0925. The number of aryl methyl sites for hydroxylation is 1. The Labute approximate surface area is 195 Å². The van der Waals surface area contributed by atoms with Crippen LogP contribution in [0.1, 0.15) is 46.6 Å². The number of halogens is 2. The number of nitrogens with zero attached hydrogens (tertiary/aromatic N) is 2. The Morgan fingerprint density at radius 1 is 1.27 bits per heavy atom. The summed E-state index contributed by atoms with van der Waals surface area (Å²) in [6.45, 7) is 5.49. The summed E-state index contributed by atoms with van der Waals surface area (Å²) in [6, 6.07) is 7.54. The van der Waals surface area contributed by atoms with Gasteiger partial charge in [0, 0.05) is 37.1 Å². The molecule has 2 aliphatic heterocycles. The van der Waals surface area contributed by atoms with Crippen LogP contribution in [0.3, 0.4) is 0 Å². The lowest BCUT2D eigenvalue weighted by molar-refractivity contribution is 0.0956. The van der Waals surface area contributed by atoms with Crippen molar-refractivity contribution in [3.8, 4) is 0 Å². The molecule has 1 aromatic carbocycles. The first-order valence-corrected chi connectivity index (χ1v) is 12.1. The lowest BCUT2D eigenvalue weighted by Gasteiger charge is -2.35. The number of carbonyl (C=O) groups excluding carboxylic acids is 1. The lowest BCUT2D eigenvalue weighted by Crippen LogP contribution is -2.51. The van der Waals surface area contributed by atoms with Crippen molar-refractivity contribution in [2.75, 3.05) is 30.3 Å². The third-order valence-corrected chi connectivity index (χ3v) is 7.84. The fraction of sp³-hybridized carbons (Fsp3) is 0.417. The van der Waals surface area contributed by atoms with E-state index >= 15 is 0 Å². The first-order valence-electron chi connectivity index (χ1n) is 11.2. The molecule has 0 radical (unpaired) electrons. The van der Waals surface area contributed by atoms with E-state index in [4.69, 9.17) is 5.73 Å². The molecule has 4 N–H and O–H groups in total. The molecule has 2 bridgehead atoms. The number of piperazine rings is 1. The van der Waals surface area contributed by atoms with E-state index in [0.29, 0.717) is 39.4 Å². The highest BCUT2D eigenvalue weighted by Gasteiger charge is 2.33. The van der Waals surface area contributed by atoms with Gasteiger partial charge in [-0.3, -0.25) is 4.79 Å². The molecule has 5 rings (SSSR count).